The first kappa shape index (κ1) is 10.9. The van der Waals surface area contributed by atoms with Crippen LogP contribution in [0.25, 0.3) is 0 Å². The molecule has 0 amide bonds. The normalized spacial score (nSPS) is 11.2. The van der Waals surface area contributed by atoms with Crippen molar-refractivity contribution < 1.29 is 12.3 Å². The SMILES string of the molecule is C=CCCc1ccccc1S(=O)(=O)F. The third-order valence-electron chi connectivity index (χ3n) is 1.85. The fourth-order valence-corrected chi connectivity index (χ4v) is 1.93. The Kier molecular flexibility index (Phi) is 3.41. The van der Waals surface area contributed by atoms with Gasteiger partial charge in [-0.05, 0) is 24.5 Å². The van der Waals surface area contributed by atoms with Gasteiger partial charge in [-0.15, -0.1) is 10.5 Å². The summed E-state index contributed by atoms with van der Waals surface area (Å²) in [4.78, 5) is -0.234. The number of benzene rings is 1. The van der Waals surface area contributed by atoms with Crippen molar-refractivity contribution in [1.82, 2.24) is 0 Å². The molecule has 0 aliphatic heterocycles. The van der Waals surface area contributed by atoms with E-state index in [0.29, 0.717) is 18.4 Å². The molecule has 0 saturated heterocycles. The molecular formula is C10H11FO2S. The van der Waals surface area contributed by atoms with E-state index in [1.807, 2.05) is 0 Å². The maximum Gasteiger partial charge on any atom is 0.332 e. The molecule has 1 aromatic carbocycles. The Morgan fingerprint density at radius 2 is 2.00 bits per heavy atom. The highest BCUT2D eigenvalue weighted by molar-refractivity contribution is 7.86. The molecule has 4 heteroatoms. The van der Waals surface area contributed by atoms with Crippen molar-refractivity contribution in [3.8, 4) is 0 Å². The molecule has 1 rings (SSSR count). The van der Waals surface area contributed by atoms with Crippen LogP contribution in [0.15, 0.2) is 41.8 Å². The van der Waals surface area contributed by atoms with E-state index in [1.54, 1.807) is 18.2 Å². The summed E-state index contributed by atoms with van der Waals surface area (Å²) in [6.45, 7) is 3.52. The molecule has 0 aromatic heterocycles. The van der Waals surface area contributed by atoms with Gasteiger partial charge in [-0.3, -0.25) is 0 Å². The Morgan fingerprint density at radius 3 is 2.57 bits per heavy atom. The summed E-state index contributed by atoms with van der Waals surface area (Å²) in [5, 5.41) is 0. The van der Waals surface area contributed by atoms with Gasteiger partial charge < -0.3 is 0 Å². The number of halogens is 1. The molecule has 0 N–H and O–H groups in total. The molecule has 0 radical (unpaired) electrons. The van der Waals surface area contributed by atoms with E-state index in [4.69, 9.17) is 0 Å². The average molecular weight is 214 g/mol. The van der Waals surface area contributed by atoms with Crippen molar-refractivity contribution in [2.75, 3.05) is 0 Å². The Hall–Kier alpha value is -1.16. The molecule has 0 aliphatic carbocycles. The van der Waals surface area contributed by atoms with Crippen LogP contribution in [-0.4, -0.2) is 8.42 Å². The van der Waals surface area contributed by atoms with Crippen LogP contribution >= 0.6 is 0 Å². The molecule has 0 aliphatic rings. The molecule has 76 valence electrons. The van der Waals surface area contributed by atoms with Crippen LogP contribution in [0, 0.1) is 0 Å². The highest BCUT2D eigenvalue weighted by Gasteiger charge is 2.15. The number of hydrogen-bond acceptors (Lipinski definition) is 2. The maximum absolute atomic E-state index is 12.8. The number of hydrogen-bond donors (Lipinski definition) is 0. The molecule has 0 unspecified atom stereocenters. The van der Waals surface area contributed by atoms with Crippen molar-refractivity contribution in [3.05, 3.63) is 42.5 Å². The summed E-state index contributed by atoms with van der Waals surface area (Å²) in [5.74, 6) is 0. The van der Waals surface area contributed by atoms with Crippen molar-refractivity contribution in [1.29, 1.82) is 0 Å². The van der Waals surface area contributed by atoms with Crippen molar-refractivity contribution in [2.24, 2.45) is 0 Å². The highest BCUT2D eigenvalue weighted by atomic mass is 32.3. The smallest absolute Gasteiger partial charge is 0.189 e. The molecule has 0 saturated carbocycles. The third-order valence-corrected chi connectivity index (χ3v) is 2.78. The molecule has 0 atom stereocenters. The first-order valence-electron chi connectivity index (χ1n) is 4.19. The second kappa shape index (κ2) is 4.37. The summed E-state index contributed by atoms with van der Waals surface area (Å²) in [7, 11) is -4.60. The lowest BCUT2D eigenvalue weighted by Gasteiger charge is -2.03. The van der Waals surface area contributed by atoms with Crippen molar-refractivity contribution in [2.45, 2.75) is 17.7 Å². The van der Waals surface area contributed by atoms with Gasteiger partial charge in [-0.25, -0.2) is 0 Å². The topological polar surface area (TPSA) is 34.1 Å². The van der Waals surface area contributed by atoms with Crippen molar-refractivity contribution >= 4 is 10.2 Å². The van der Waals surface area contributed by atoms with E-state index in [2.05, 4.69) is 6.58 Å². The molecular weight excluding hydrogens is 203 g/mol. The van der Waals surface area contributed by atoms with Crippen LogP contribution < -0.4 is 0 Å². The summed E-state index contributed by atoms with van der Waals surface area (Å²) in [5.41, 5.74) is 0.495. The van der Waals surface area contributed by atoms with E-state index < -0.39 is 10.2 Å². The zero-order valence-electron chi connectivity index (χ0n) is 7.61. The molecule has 0 bridgehead atoms. The first-order valence-corrected chi connectivity index (χ1v) is 5.57. The van der Waals surface area contributed by atoms with E-state index >= 15 is 0 Å². The van der Waals surface area contributed by atoms with Gasteiger partial charge in [0.05, 0.1) is 0 Å². The number of allylic oxidation sites excluding steroid dienone is 1. The van der Waals surface area contributed by atoms with Crippen LogP contribution in [0.5, 0.6) is 0 Å². The van der Waals surface area contributed by atoms with Crippen LogP contribution in [0.3, 0.4) is 0 Å². The van der Waals surface area contributed by atoms with Gasteiger partial charge in [0.1, 0.15) is 4.90 Å². The Balaban J connectivity index is 3.10. The summed E-state index contributed by atoms with van der Waals surface area (Å²) >= 11 is 0. The zero-order chi connectivity index (χ0) is 10.6. The predicted octanol–water partition coefficient (Wildman–Crippen LogP) is 2.46. The van der Waals surface area contributed by atoms with Crippen LogP contribution in [0.1, 0.15) is 12.0 Å². The summed E-state index contributed by atoms with van der Waals surface area (Å²) < 4.78 is 34.2. The summed E-state index contributed by atoms with van der Waals surface area (Å²) in [6, 6.07) is 6.07. The minimum atomic E-state index is -4.60. The van der Waals surface area contributed by atoms with Gasteiger partial charge in [0.25, 0.3) is 0 Å². The molecule has 0 fully saturated rings. The molecule has 2 nitrogen and oxygen atoms in total. The van der Waals surface area contributed by atoms with Gasteiger partial charge >= 0.3 is 10.2 Å². The van der Waals surface area contributed by atoms with Gasteiger partial charge in [-0.1, -0.05) is 24.3 Å². The van der Waals surface area contributed by atoms with Gasteiger partial charge in [-0.2, -0.15) is 8.42 Å². The quantitative estimate of drug-likeness (QED) is 0.570. The summed E-state index contributed by atoms with van der Waals surface area (Å²) in [6.07, 6.45) is 2.79. The lowest BCUT2D eigenvalue weighted by Crippen LogP contribution is -1.98. The highest BCUT2D eigenvalue weighted by Crippen LogP contribution is 2.18. The van der Waals surface area contributed by atoms with Gasteiger partial charge in [0.2, 0.25) is 0 Å². The Bertz CT molecular complexity index is 424. The predicted molar refractivity (Wildman–Crippen MR) is 53.3 cm³/mol. The second-order valence-electron chi connectivity index (χ2n) is 2.87. The fraction of sp³-hybridized carbons (Fsp3) is 0.200. The standard InChI is InChI=1S/C10H11FO2S/c1-2-3-6-9-7-4-5-8-10(9)14(11,12)13/h2,4-5,7-8H,1,3,6H2. The van der Waals surface area contributed by atoms with Crippen LogP contribution in [0.2, 0.25) is 0 Å². The lowest BCUT2D eigenvalue weighted by atomic mass is 10.1. The van der Waals surface area contributed by atoms with E-state index in [-0.39, 0.29) is 4.90 Å². The number of aryl methyl sites for hydroxylation is 1. The first-order chi connectivity index (χ1) is 6.55. The Labute approximate surface area is 83.3 Å². The van der Waals surface area contributed by atoms with E-state index in [0.717, 1.165) is 0 Å². The minimum absolute atomic E-state index is 0.234. The molecule has 0 heterocycles. The maximum atomic E-state index is 12.8. The van der Waals surface area contributed by atoms with Crippen molar-refractivity contribution in [3.63, 3.8) is 0 Å². The average Bonchev–Trinajstić information content (AvgIpc) is 2.14. The fourth-order valence-electron chi connectivity index (χ4n) is 1.21. The monoisotopic (exact) mass is 214 g/mol. The largest absolute Gasteiger partial charge is 0.332 e. The van der Waals surface area contributed by atoms with Gasteiger partial charge in [0.15, 0.2) is 0 Å². The zero-order valence-corrected chi connectivity index (χ0v) is 8.43. The molecule has 1 aromatic rings. The van der Waals surface area contributed by atoms with Crippen LogP contribution in [-0.2, 0) is 16.6 Å². The van der Waals surface area contributed by atoms with E-state index in [1.165, 1.54) is 12.1 Å². The molecule has 0 spiro atoms. The van der Waals surface area contributed by atoms with Gasteiger partial charge in [0, 0.05) is 0 Å². The van der Waals surface area contributed by atoms with E-state index in [9.17, 15) is 12.3 Å². The second-order valence-corrected chi connectivity index (χ2v) is 4.19. The van der Waals surface area contributed by atoms with Crippen LogP contribution in [0.4, 0.5) is 3.89 Å². The number of rotatable bonds is 4. The molecule has 14 heavy (non-hydrogen) atoms. The lowest BCUT2D eigenvalue weighted by molar-refractivity contribution is 0.550. The minimum Gasteiger partial charge on any atom is -0.189 e. The third kappa shape index (κ3) is 2.67. The Morgan fingerprint density at radius 1 is 1.36 bits per heavy atom.